The topological polar surface area (TPSA) is 48.1 Å². The van der Waals surface area contributed by atoms with Crippen molar-refractivity contribution in [1.29, 1.82) is 0 Å². The molecular formula is C12H18N4S2. The molecule has 18 heavy (non-hydrogen) atoms. The van der Waals surface area contributed by atoms with Gasteiger partial charge in [0.2, 0.25) is 0 Å². The molecular weight excluding hydrogens is 264 g/mol. The van der Waals surface area contributed by atoms with Crippen LogP contribution in [0.2, 0.25) is 0 Å². The van der Waals surface area contributed by atoms with Crippen molar-refractivity contribution < 1.29 is 0 Å². The summed E-state index contributed by atoms with van der Waals surface area (Å²) in [6, 6.07) is 8.12. The molecule has 0 aliphatic rings. The molecule has 1 rings (SSSR count). The number of benzene rings is 1. The first-order chi connectivity index (χ1) is 8.65. The second kappa shape index (κ2) is 7.84. The maximum Gasteiger partial charge on any atom is 0.189 e. The molecule has 0 atom stereocenters. The highest BCUT2D eigenvalue weighted by Gasteiger charge is 1.99. The van der Waals surface area contributed by atoms with Gasteiger partial charge in [0.05, 0.1) is 0 Å². The Labute approximate surface area is 119 Å². The normalized spacial score (nSPS) is 9.44. The Morgan fingerprint density at radius 3 is 2.50 bits per heavy atom. The number of rotatable bonds is 3. The van der Waals surface area contributed by atoms with Crippen LogP contribution < -0.4 is 21.5 Å². The van der Waals surface area contributed by atoms with Gasteiger partial charge in [-0.15, -0.1) is 0 Å². The maximum absolute atomic E-state index is 5.15. The van der Waals surface area contributed by atoms with Crippen LogP contribution in [0.3, 0.4) is 0 Å². The third kappa shape index (κ3) is 5.29. The van der Waals surface area contributed by atoms with Gasteiger partial charge in [-0.2, -0.15) is 0 Å². The van der Waals surface area contributed by atoms with E-state index < -0.39 is 0 Å². The average molecular weight is 282 g/mol. The Morgan fingerprint density at radius 2 is 1.83 bits per heavy atom. The molecule has 0 saturated heterocycles. The van der Waals surface area contributed by atoms with Crippen LogP contribution in [0.5, 0.6) is 0 Å². The van der Waals surface area contributed by atoms with Crippen molar-refractivity contribution in [2.45, 2.75) is 20.3 Å². The summed E-state index contributed by atoms with van der Waals surface area (Å²) in [4.78, 5) is 0. The first-order valence-corrected chi connectivity index (χ1v) is 6.67. The summed E-state index contributed by atoms with van der Waals surface area (Å²) in [5, 5.41) is 7.03. The molecule has 1 aromatic carbocycles. The van der Waals surface area contributed by atoms with E-state index in [4.69, 9.17) is 24.4 Å². The molecule has 0 radical (unpaired) electrons. The van der Waals surface area contributed by atoms with Gasteiger partial charge in [-0.05, 0) is 55.5 Å². The predicted octanol–water partition coefficient (Wildman–Crippen LogP) is 1.93. The Balaban J connectivity index is 2.42. The lowest BCUT2D eigenvalue weighted by Gasteiger charge is -2.13. The van der Waals surface area contributed by atoms with Crippen molar-refractivity contribution in [3.05, 3.63) is 29.8 Å². The molecule has 6 heteroatoms. The summed E-state index contributed by atoms with van der Waals surface area (Å²) in [6.07, 6.45) is 0.998. The van der Waals surface area contributed by atoms with E-state index >= 15 is 0 Å². The number of hydrogen-bond acceptors (Lipinski definition) is 2. The van der Waals surface area contributed by atoms with Crippen molar-refractivity contribution in [3.63, 3.8) is 0 Å². The molecule has 0 heterocycles. The average Bonchev–Trinajstić information content (AvgIpc) is 2.37. The van der Waals surface area contributed by atoms with Crippen LogP contribution in [0.4, 0.5) is 5.69 Å². The van der Waals surface area contributed by atoms with E-state index in [2.05, 4.69) is 40.5 Å². The van der Waals surface area contributed by atoms with Crippen molar-refractivity contribution in [3.8, 4) is 0 Å². The van der Waals surface area contributed by atoms with E-state index in [-0.39, 0.29) is 0 Å². The SMILES string of the molecule is CCNC(=S)NNC(=S)Nc1cccc(CC)c1. The third-order valence-electron chi connectivity index (χ3n) is 2.22. The van der Waals surface area contributed by atoms with Crippen LogP contribution >= 0.6 is 24.4 Å². The first-order valence-electron chi connectivity index (χ1n) is 5.85. The van der Waals surface area contributed by atoms with Crippen LogP contribution in [0.25, 0.3) is 0 Å². The highest BCUT2D eigenvalue weighted by Crippen LogP contribution is 2.10. The molecule has 0 saturated carbocycles. The van der Waals surface area contributed by atoms with Gasteiger partial charge >= 0.3 is 0 Å². The van der Waals surface area contributed by atoms with E-state index in [1.807, 2.05) is 19.1 Å². The van der Waals surface area contributed by atoms with Crippen LogP contribution in [-0.2, 0) is 6.42 Å². The van der Waals surface area contributed by atoms with Gasteiger partial charge < -0.3 is 10.6 Å². The monoisotopic (exact) mass is 282 g/mol. The van der Waals surface area contributed by atoms with Gasteiger partial charge in [0.25, 0.3) is 0 Å². The maximum atomic E-state index is 5.15. The lowest BCUT2D eigenvalue weighted by molar-refractivity contribution is 0.825. The second-order valence-electron chi connectivity index (χ2n) is 3.62. The van der Waals surface area contributed by atoms with Crippen LogP contribution in [-0.4, -0.2) is 16.8 Å². The molecule has 0 fully saturated rings. The Morgan fingerprint density at radius 1 is 1.11 bits per heavy atom. The van der Waals surface area contributed by atoms with Gasteiger partial charge in [0.1, 0.15) is 0 Å². The highest BCUT2D eigenvalue weighted by atomic mass is 32.1. The number of hydrazine groups is 1. The summed E-state index contributed by atoms with van der Waals surface area (Å²) in [5.74, 6) is 0. The molecule has 1 aromatic rings. The van der Waals surface area contributed by atoms with Gasteiger partial charge in [-0.1, -0.05) is 19.1 Å². The quantitative estimate of drug-likeness (QED) is 0.502. The van der Waals surface area contributed by atoms with E-state index in [0.29, 0.717) is 10.2 Å². The fourth-order valence-electron chi connectivity index (χ4n) is 1.35. The molecule has 4 nitrogen and oxygen atoms in total. The van der Waals surface area contributed by atoms with Gasteiger partial charge in [0, 0.05) is 12.2 Å². The summed E-state index contributed by atoms with van der Waals surface area (Å²) >= 11 is 10.1. The zero-order valence-corrected chi connectivity index (χ0v) is 12.2. The fraction of sp³-hybridized carbons (Fsp3) is 0.333. The number of nitrogens with one attached hydrogen (secondary N) is 4. The first kappa shape index (κ1) is 14.7. The van der Waals surface area contributed by atoms with Crippen molar-refractivity contribution in [2.24, 2.45) is 0 Å². The third-order valence-corrected chi connectivity index (χ3v) is 2.67. The Hall–Kier alpha value is -1.40. The lowest BCUT2D eigenvalue weighted by atomic mass is 10.1. The largest absolute Gasteiger partial charge is 0.362 e. The zero-order chi connectivity index (χ0) is 13.4. The van der Waals surface area contributed by atoms with Crippen molar-refractivity contribution >= 4 is 40.3 Å². The minimum atomic E-state index is 0.475. The molecule has 98 valence electrons. The van der Waals surface area contributed by atoms with E-state index in [1.54, 1.807) is 0 Å². The van der Waals surface area contributed by atoms with Crippen molar-refractivity contribution in [2.75, 3.05) is 11.9 Å². The number of aryl methyl sites for hydroxylation is 1. The summed E-state index contributed by atoms with van der Waals surface area (Å²) in [6.45, 7) is 4.86. The number of hydrogen-bond donors (Lipinski definition) is 4. The standard InChI is InChI=1S/C12H18N4S2/c1-3-9-6-5-7-10(8-9)14-12(18)16-15-11(17)13-4-2/h5-8H,3-4H2,1-2H3,(H2,13,15,17)(H2,14,16,18). The summed E-state index contributed by atoms with van der Waals surface area (Å²) < 4.78 is 0. The van der Waals surface area contributed by atoms with Gasteiger partial charge in [-0.3, -0.25) is 10.9 Å². The van der Waals surface area contributed by atoms with Crippen molar-refractivity contribution in [1.82, 2.24) is 16.2 Å². The predicted molar refractivity (Wildman–Crippen MR) is 84.6 cm³/mol. The fourth-order valence-corrected chi connectivity index (χ4v) is 1.71. The zero-order valence-electron chi connectivity index (χ0n) is 10.5. The number of anilines is 1. The molecule has 0 bridgehead atoms. The summed E-state index contributed by atoms with van der Waals surface area (Å²) in [7, 11) is 0. The molecule has 0 aromatic heterocycles. The van der Waals surface area contributed by atoms with Gasteiger partial charge in [0.15, 0.2) is 10.2 Å². The smallest absolute Gasteiger partial charge is 0.189 e. The minimum absolute atomic E-state index is 0.475. The second-order valence-corrected chi connectivity index (χ2v) is 4.43. The van der Waals surface area contributed by atoms with E-state index in [1.165, 1.54) is 5.56 Å². The molecule has 0 unspecified atom stereocenters. The van der Waals surface area contributed by atoms with E-state index in [9.17, 15) is 0 Å². The summed E-state index contributed by atoms with van der Waals surface area (Å²) in [5.41, 5.74) is 7.84. The minimum Gasteiger partial charge on any atom is -0.362 e. The van der Waals surface area contributed by atoms with E-state index in [0.717, 1.165) is 18.7 Å². The Kier molecular flexibility index (Phi) is 6.38. The van der Waals surface area contributed by atoms with Crippen LogP contribution in [0, 0.1) is 0 Å². The van der Waals surface area contributed by atoms with Crippen LogP contribution in [0.1, 0.15) is 19.4 Å². The molecule has 0 aliphatic heterocycles. The number of thiocarbonyl (C=S) groups is 2. The van der Waals surface area contributed by atoms with Gasteiger partial charge in [-0.25, -0.2) is 0 Å². The lowest BCUT2D eigenvalue weighted by Crippen LogP contribution is -2.48. The molecule has 4 N–H and O–H groups in total. The molecule has 0 aliphatic carbocycles. The highest BCUT2D eigenvalue weighted by molar-refractivity contribution is 7.80. The molecule has 0 amide bonds. The Bertz CT molecular complexity index is 420. The molecule has 0 spiro atoms. The van der Waals surface area contributed by atoms with Crippen LogP contribution in [0.15, 0.2) is 24.3 Å².